The van der Waals surface area contributed by atoms with Gasteiger partial charge in [0.25, 0.3) is 0 Å². The number of para-hydroxylation sites is 2. The zero-order chi connectivity index (χ0) is 17.9. The topological polar surface area (TPSA) is 80.0 Å². The van der Waals surface area contributed by atoms with Gasteiger partial charge in [0.15, 0.2) is 0 Å². The van der Waals surface area contributed by atoms with Crippen LogP contribution in [-0.4, -0.2) is 25.5 Å². The van der Waals surface area contributed by atoms with E-state index in [-0.39, 0.29) is 12.5 Å². The third kappa shape index (κ3) is 3.50. The van der Waals surface area contributed by atoms with Crippen LogP contribution in [0.1, 0.15) is 40.7 Å². The van der Waals surface area contributed by atoms with Crippen molar-refractivity contribution in [3.8, 4) is 0 Å². The van der Waals surface area contributed by atoms with Gasteiger partial charge in [0.1, 0.15) is 17.4 Å². The highest BCUT2D eigenvalue weighted by molar-refractivity contribution is 7.11. The molecule has 26 heavy (non-hydrogen) atoms. The summed E-state index contributed by atoms with van der Waals surface area (Å²) in [6.45, 7) is 0.853. The first-order chi connectivity index (χ1) is 12.7. The molecule has 0 fully saturated rings. The molecule has 4 rings (SSSR count). The van der Waals surface area contributed by atoms with Gasteiger partial charge in [-0.1, -0.05) is 12.1 Å². The predicted octanol–water partition coefficient (Wildman–Crippen LogP) is 2.57. The summed E-state index contributed by atoms with van der Waals surface area (Å²) in [6.07, 6.45) is 5.00. The predicted molar refractivity (Wildman–Crippen MR) is 101 cm³/mol. The summed E-state index contributed by atoms with van der Waals surface area (Å²) in [7, 11) is 0. The van der Waals surface area contributed by atoms with E-state index in [9.17, 15) is 9.90 Å². The Hall–Kier alpha value is -2.25. The van der Waals surface area contributed by atoms with Gasteiger partial charge in [0, 0.05) is 17.8 Å². The quantitative estimate of drug-likeness (QED) is 0.699. The van der Waals surface area contributed by atoms with Crippen molar-refractivity contribution in [2.24, 2.45) is 0 Å². The molecule has 0 aliphatic heterocycles. The van der Waals surface area contributed by atoms with Crippen LogP contribution in [0.5, 0.6) is 0 Å². The van der Waals surface area contributed by atoms with Gasteiger partial charge in [-0.05, 0) is 37.8 Å². The molecule has 0 spiro atoms. The zero-order valence-corrected chi connectivity index (χ0v) is 15.4. The van der Waals surface area contributed by atoms with Crippen LogP contribution in [0.3, 0.4) is 0 Å². The lowest BCUT2D eigenvalue weighted by Gasteiger charge is -2.08. The molecule has 1 aromatic carbocycles. The maximum atomic E-state index is 12.3. The molecule has 0 atom stereocenters. The minimum atomic E-state index is -0.138. The number of nitrogens with one attached hydrogen (secondary N) is 1. The zero-order valence-electron chi connectivity index (χ0n) is 14.6. The SMILES string of the molecule is O=C(CCn1c(CO)nc2ccccc21)NCc1nc2c(s1)CCCC2. The molecule has 1 aliphatic rings. The summed E-state index contributed by atoms with van der Waals surface area (Å²) in [6, 6.07) is 7.72. The first-order valence-corrected chi connectivity index (χ1v) is 9.85. The number of rotatable bonds is 6. The minimum absolute atomic E-state index is 0.0140. The molecule has 2 N–H and O–H groups in total. The van der Waals surface area contributed by atoms with Crippen LogP contribution in [0.15, 0.2) is 24.3 Å². The highest BCUT2D eigenvalue weighted by Gasteiger charge is 2.16. The molecule has 136 valence electrons. The van der Waals surface area contributed by atoms with Crippen molar-refractivity contribution >= 4 is 28.3 Å². The smallest absolute Gasteiger partial charge is 0.222 e. The van der Waals surface area contributed by atoms with Gasteiger partial charge in [0.05, 0.1) is 23.3 Å². The van der Waals surface area contributed by atoms with Crippen LogP contribution in [0.25, 0.3) is 11.0 Å². The summed E-state index contributed by atoms with van der Waals surface area (Å²) >= 11 is 1.73. The number of amides is 1. The molecule has 1 aliphatic carbocycles. The molecule has 7 heteroatoms. The number of aryl methyl sites for hydroxylation is 3. The molecule has 1 amide bonds. The fourth-order valence-electron chi connectivity index (χ4n) is 3.45. The number of imidazole rings is 1. The summed E-state index contributed by atoms with van der Waals surface area (Å²) in [5.74, 6) is 0.575. The molecule has 0 radical (unpaired) electrons. The van der Waals surface area contributed by atoms with Crippen molar-refractivity contribution in [3.63, 3.8) is 0 Å². The van der Waals surface area contributed by atoms with Gasteiger partial charge in [-0.25, -0.2) is 9.97 Å². The monoisotopic (exact) mass is 370 g/mol. The number of hydrogen-bond acceptors (Lipinski definition) is 5. The molecule has 3 aromatic rings. The highest BCUT2D eigenvalue weighted by atomic mass is 32.1. The third-order valence-corrected chi connectivity index (χ3v) is 5.92. The molecular formula is C19H22N4O2S. The Labute approximate surface area is 155 Å². The number of thiazole rings is 1. The van der Waals surface area contributed by atoms with Gasteiger partial charge in [0.2, 0.25) is 5.91 Å². The fourth-order valence-corrected chi connectivity index (χ4v) is 4.55. The Morgan fingerprint density at radius 1 is 1.23 bits per heavy atom. The Morgan fingerprint density at radius 2 is 2.08 bits per heavy atom. The van der Waals surface area contributed by atoms with Gasteiger partial charge >= 0.3 is 0 Å². The average Bonchev–Trinajstić information content (AvgIpc) is 3.25. The maximum absolute atomic E-state index is 12.3. The number of aromatic nitrogens is 3. The van der Waals surface area contributed by atoms with Gasteiger partial charge < -0.3 is 15.0 Å². The minimum Gasteiger partial charge on any atom is -0.388 e. The van der Waals surface area contributed by atoms with Gasteiger partial charge in [-0.2, -0.15) is 0 Å². The maximum Gasteiger partial charge on any atom is 0.222 e. The highest BCUT2D eigenvalue weighted by Crippen LogP contribution is 2.26. The van der Waals surface area contributed by atoms with E-state index < -0.39 is 0 Å². The number of fused-ring (bicyclic) bond motifs is 2. The number of nitrogens with zero attached hydrogens (tertiary/aromatic N) is 3. The normalized spacial score (nSPS) is 13.7. The second-order valence-electron chi connectivity index (χ2n) is 6.54. The van der Waals surface area contributed by atoms with E-state index in [0.29, 0.717) is 25.3 Å². The lowest BCUT2D eigenvalue weighted by atomic mass is 10.0. The number of aliphatic hydroxyl groups excluding tert-OH is 1. The largest absolute Gasteiger partial charge is 0.388 e. The van der Waals surface area contributed by atoms with Crippen molar-refractivity contribution in [2.75, 3.05) is 0 Å². The van der Waals surface area contributed by atoms with E-state index in [1.807, 2.05) is 28.8 Å². The molecule has 0 saturated heterocycles. The lowest BCUT2D eigenvalue weighted by molar-refractivity contribution is -0.121. The molecule has 0 saturated carbocycles. The molecule has 0 bridgehead atoms. The molecular weight excluding hydrogens is 348 g/mol. The molecule has 2 heterocycles. The van der Waals surface area contributed by atoms with Gasteiger partial charge in [-0.15, -0.1) is 11.3 Å². The Balaban J connectivity index is 1.36. The third-order valence-electron chi connectivity index (χ3n) is 4.76. The van der Waals surface area contributed by atoms with E-state index in [1.165, 1.54) is 23.4 Å². The van der Waals surface area contributed by atoms with Crippen molar-refractivity contribution in [1.82, 2.24) is 19.9 Å². The van der Waals surface area contributed by atoms with Crippen molar-refractivity contribution in [2.45, 2.75) is 51.8 Å². The van der Waals surface area contributed by atoms with Crippen molar-refractivity contribution in [3.05, 3.63) is 45.7 Å². The number of aliphatic hydroxyl groups is 1. The summed E-state index contributed by atoms with van der Waals surface area (Å²) in [4.78, 5) is 22.7. The van der Waals surface area contributed by atoms with Crippen LogP contribution in [0, 0.1) is 0 Å². The fraction of sp³-hybridized carbons (Fsp3) is 0.421. The first kappa shape index (κ1) is 17.2. The second-order valence-corrected chi connectivity index (χ2v) is 7.71. The Morgan fingerprint density at radius 3 is 2.92 bits per heavy atom. The standard InChI is InChI=1S/C19H22N4O2S/c24-12-17-21-13-5-1-3-7-15(13)23(17)10-9-18(25)20-11-19-22-14-6-2-4-8-16(14)26-19/h1,3,5,7,24H,2,4,6,8-12H2,(H,20,25). The lowest BCUT2D eigenvalue weighted by Crippen LogP contribution is -2.24. The van der Waals surface area contributed by atoms with Crippen LogP contribution in [0.2, 0.25) is 0 Å². The van der Waals surface area contributed by atoms with Crippen LogP contribution >= 0.6 is 11.3 Å². The van der Waals surface area contributed by atoms with Crippen molar-refractivity contribution in [1.29, 1.82) is 0 Å². The summed E-state index contributed by atoms with van der Waals surface area (Å²) < 4.78 is 1.91. The van der Waals surface area contributed by atoms with Crippen molar-refractivity contribution < 1.29 is 9.90 Å². The number of benzene rings is 1. The average molecular weight is 370 g/mol. The summed E-state index contributed by atoms with van der Waals surface area (Å²) in [5.41, 5.74) is 3.00. The van der Waals surface area contributed by atoms with Crippen LogP contribution < -0.4 is 5.32 Å². The molecule has 6 nitrogen and oxygen atoms in total. The van der Waals surface area contributed by atoms with Gasteiger partial charge in [-0.3, -0.25) is 4.79 Å². The summed E-state index contributed by atoms with van der Waals surface area (Å²) in [5, 5.41) is 13.5. The number of hydrogen-bond donors (Lipinski definition) is 2. The number of carbonyl (C=O) groups excluding carboxylic acids is 1. The van der Waals surface area contributed by atoms with E-state index in [0.717, 1.165) is 28.9 Å². The molecule has 0 unspecified atom stereocenters. The van der Waals surface area contributed by atoms with E-state index in [4.69, 9.17) is 0 Å². The van der Waals surface area contributed by atoms with E-state index in [1.54, 1.807) is 11.3 Å². The number of carbonyl (C=O) groups is 1. The Bertz CT molecular complexity index is 907. The first-order valence-electron chi connectivity index (χ1n) is 9.04. The van der Waals surface area contributed by atoms with E-state index >= 15 is 0 Å². The van der Waals surface area contributed by atoms with Crippen LogP contribution in [0.4, 0.5) is 0 Å². The Kier molecular flexibility index (Phi) is 4.99. The molecule has 2 aromatic heterocycles. The second kappa shape index (κ2) is 7.55. The van der Waals surface area contributed by atoms with Crippen LogP contribution in [-0.2, 0) is 37.3 Å². The van der Waals surface area contributed by atoms with E-state index in [2.05, 4.69) is 15.3 Å².